The van der Waals surface area contributed by atoms with Crippen molar-refractivity contribution in [2.24, 2.45) is 0 Å². The van der Waals surface area contributed by atoms with Crippen LogP contribution in [0.4, 0.5) is 0 Å². The minimum atomic E-state index is 0.334. The molecule has 0 saturated heterocycles. The highest BCUT2D eigenvalue weighted by molar-refractivity contribution is 5.88. The molecule has 5 nitrogen and oxygen atoms in total. The third-order valence-corrected chi connectivity index (χ3v) is 3.56. The van der Waals surface area contributed by atoms with Gasteiger partial charge < -0.3 is 15.0 Å². The first kappa shape index (κ1) is 15.8. The number of hydrogen-bond acceptors (Lipinski definition) is 4. The number of aromatic nitrogens is 1. The van der Waals surface area contributed by atoms with E-state index in [1.54, 1.807) is 6.07 Å². The maximum atomic E-state index is 10.00. The fourth-order valence-electron chi connectivity index (χ4n) is 2.34. The van der Waals surface area contributed by atoms with Gasteiger partial charge in [0.25, 0.3) is 0 Å². The molecule has 0 aliphatic rings. The van der Waals surface area contributed by atoms with E-state index in [-0.39, 0.29) is 0 Å². The number of aromatic amines is 1. The van der Waals surface area contributed by atoms with Crippen LogP contribution in [0.5, 0.6) is 5.75 Å². The molecular weight excluding hydrogens is 266 g/mol. The fraction of sp³-hybridized carbons (Fsp3) is 0.500. The summed E-state index contributed by atoms with van der Waals surface area (Å²) in [6.45, 7) is 5.35. The number of phenols is 1. The zero-order chi connectivity index (χ0) is 15.2. The van der Waals surface area contributed by atoms with Gasteiger partial charge in [0.15, 0.2) is 0 Å². The third-order valence-electron chi connectivity index (χ3n) is 3.56. The number of nitrogens with one attached hydrogen (secondary N) is 1. The van der Waals surface area contributed by atoms with Crippen LogP contribution in [-0.4, -0.2) is 60.4 Å². The second-order valence-corrected chi connectivity index (χ2v) is 5.42. The predicted octanol–water partition coefficient (Wildman–Crippen LogP) is 2.23. The molecular formula is C16H25N3O2. The molecule has 0 saturated carbocycles. The summed E-state index contributed by atoms with van der Waals surface area (Å²) in [5, 5.41) is 12.9. The Bertz CT molecular complexity index is 566. The van der Waals surface area contributed by atoms with E-state index in [4.69, 9.17) is 4.84 Å². The van der Waals surface area contributed by atoms with Crippen LogP contribution in [0, 0.1) is 0 Å². The molecule has 116 valence electrons. The normalized spacial score (nSPS) is 11.9. The molecule has 2 rings (SSSR count). The molecule has 0 amide bonds. The van der Waals surface area contributed by atoms with E-state index >= 15 is 0 Å². The maximum Gasteiger partial charge on any atom is 0.125 e. The third kappa shape index (κ3) is 4.20. The van der Waals surface area contributed by atoms with Gasteiger partial charge in [-0.1, -0.05) is 13.0 Å². The van der Waals surface area contributed by atoms with Gasteiger partial charge in [-0.2, -0.15) is 5.06 Å². The van der Waals surface area contributed by atoms with Gasteiger partial charge in [-0.05, 0) is 38.2 Å². The average Bonchev–Trinajstić information content (AvgIpc) is 2.87. The van der Waals surface area contributed by atoms with Crippen molar-refractivity contribution in [1.29, 1.82) is 0 Å². The molecule has 5 heteroatoms. The minimum absolute atomic E-state index is 0.334. The molecule has 0 bridgehead atoms. The molecule has 1 heterocycles. The molecule has 1 aromatic carbocycles. The Morgan fingerprint density at radius 3 is 2.76 bits per heavy atom. The van der Waals surface area contributed by atoms with Crippen molar-refractivity contribution in [3.8, 4) is 5.75 Å². The van der Waals surface area contributed by atoms with E-state index in [2.05, 4.69) is 16.8 Å². The summed E-state index contributed by atoms with van der Waals surface area (Å²) >= 11 is 0. The molecule has 2 N–H and O–H groups in total. The van der Waals surface area contributed by atoms with Crippen LogP contribution in [0.3, 0.4) is 0 Å². The van der Waals surface area contributed by atoms with Crippen molar-refractivity contribution in [3.05, 3.63) is 30.0 Å². The van der Waals surface area contributed by atoms with Gasteiger partial charge in [0.1, 0.15) is 5.75 Å². The Morgan fingerprint density at radius 2 is 2.05 bits per heavy atom. The van der Waals surface area contributed by atoms with Crippen molar-refractivity contribution in [1.82, 2.24) is 14.9 Å². The smallest absolute Gasteiger partial charge is 0.125 e. The summed E-state index contributed by atoms with van der Waals surface area (Å²) in [4.78, 5) is 11.1. The Morgan fingerprint density at radius 1 is 1.24 bits per heavy atom. The largest absolute Gasteiger partial charge is 0.507 e. The molecule has 0 radical (unpaired) electrons. The molecule has 0 unspecified atom stereocenters. The lowest BCUT2D eigenvalue weighted by Gasteiger charge is -2.21. The van der Waals surface area contributed by atoms with E-state index in [1.165, 1.54) is 0 Å². The summed E-state index contributed by atoms with van der Waals surface area (Å²) in [5.74, 6) is 0.334. The van der Waals surface area contributed by atoms with Crippen molar-refractivity contribution >= 4 is 10.9 Å². The Balaban J connectivity index is 1.94. The molecule has 0 atom stereocenters. The number of rotatable bonds is 8. The van der Waals surface area contributed by atoms with Crippen LogP contribution in [0.2, 0.25) is 0 Å². The Labute approximate surface area is 126 Å². The average molecular weight is 291 g/mol. The number of benzene rings is 1. The second kappa shape index (κ2) is 7.45. The molecule has 2 aromatic rings. The lowest BCUT2D eigenvalue weighted by atomic mass is 10.1. The Kier molecular flexibility index (Phi) is 5.61. The number of nitrogens with zero attached hydrogens (tertiary/aromatic N) is 2. The van der Waals surface area contributed by atoms with Crippen LogP contribution < -0.4 is 0 Å². The van der Waals surface area contributed by atoms with Crippen LogP contribution >= 0.6 is 0 Å². The summed E-state index contributed by atoms with van der Waals surface area (Å²) in [6, 6.07) is 5.55. The highest BCUT2D eigenvalue weighted by Crippen LogP contribution is 2.27. The van der Waals surface area contributed by atoms with Gasteiger partial charge in [-0.15, -0.1) is 0 Å². The topological polar surface area (TPSA) is 51.7 Å². The van der Waals surface area contributed by atoms with Gasteiger partial charge in [-0.3, -0.25) is 4.84 Å². The summed E-state index contributed by atoms with van der Waals surface area (Å²) in [6.07, 6.45) is 2.81. The van der Waals surface area contributed by atoms with E-state index in [9.17, 15) is 5.11 Å². The lowest BCUT2D eigenvalue weighted by Crippen LogP contribution is -2.30. The van der Waals surface area contributed by atoms with Crippen molar-refractivity contribution in [3.63, 3.8) is 0 Å². The zero-order valence-electron chi connectivity index (χ0n) is 13.1. The van der Waals surface area contributed by atoms with Crippen LogP contribution in [-0.2, 0) is 11.3 Å². The first-order valence-corrected chi connectivity index (χ1v) is 7.42. The monoisotopic (exact) mass is 291 g/mol. The Hall–Kier alpha value is -1.56. The van der Waals surface area contributed by atoms with Crippen LogP contribution in [0.15, 0.2) is 24.4 Å². The number of hydrogen-bond donors (Lipinski definition) is 2. The zero-order valence-corrected chi connectivity index (χ0v) is 13.1. The van der Waals surface area contributed by atoms with Gasteiger partial charge in [0, 0.05) is 36.7 Å². The molecule has 0 fully saturated rings. The first-order chi connectivity index (χ1) is 10.1. The fourth-order valence-corrected chi connectivity index (χ4v) is 2.34. The van der Waals surface area contributed by atoms with Crippen molar-refractivity contribution in [2.45, 2.75) is 13.3 Å². The van der Waals surface area contributed by atoms with E-state index in [0.717, 1.165) is 42.5 Å². The molecule has 0 aliphatic carbocycles. The van der Waals surface area contributed by atoms with Gasteiger partial charge in [0.2, 0.25) is 0 Å². The van der Waals surface area contributed by atoms with E-state index in [1.807, 2.05) is 37.5 Å². The van der Waals surface area contributed by atoms with Gasteiger partial charge >= 0.3 is 0 Å². The minimum Gasteiger partial charge on any atom is -0.507 e. The predicted molar refractivity (Wildman–Crippen MR) is 85.4 cm³/mol. The first-order valence-electron chi connectivity index (χ1n) is 7.42. The molecule has 21 heavy (non-hydrogen) atoms. The summed E-state index contributed by atoms with van der Waals surface area (Å²) < 4.78 is 0. The SMILES string of the molecule is CCN(CCc1c[nH]c2cccc(O)c12)OCCN(C)C. The quantitative estimate of drug-likeness (QED) is 0.732. The van der Waals surface area contributed by atoms with Gasteiger partial charge in [0.05, 0.1) is 6.61 Å². The standard InChI is InChI=1S/C16H25N3O2/c1-4-19(21-11-10-18(2)3)9-8-13-12-17-14-6-5-7-15(20)16(13)14/h5-7,12,17,20H,4,8-11H2,1-3H3. The maximum absolute atomic E-state index is 10.00. The van der Waals surface area contributed by atoms with Crippen molar-refractivity contribution < 1.29 is 9.94 Å². The molecule has 1 aromatic heterocycles. The number of likely N-dealkylation sites (N-methyl/N-ethyl adjacent to an activating group) is 2. The molecule has 0 spiro atoms. The van der Waals surface area contributed by atoms with Crippen molar-refractivity contribution in [2.75, 3.05) is 40.3 Å². The second-order valence-electron chi connectivity index (χ2n) is 5.42. The van der Waals surface area contributed by atoms with Crippen LogP contribution in [0.1, 0.15) is 12.5 Å². The summed E-state index contributed by atoms with van der Waals surface area (Å²) in [7, 11) is 4.07. The number of phenolic OH excluding ortho intramolecular Hbond substituents is 1. The highest BCUT2D eigenvalue weighted by Gasteiger charge is 2.10. The molecule has 0 aliphatic heterocycles. The van der Waals surface area contributed by atoms with E-state index in [0.29, 0.717) is 12.4 Å². The number of fused-ring (bicyclic) bond motifs is 1. The number of aromatic hydroxyl groups is 1. The summed E-state index contributed by atoms with van der Waals surface area (Å²) in [5.41, 5.74) is 2.10. The van der Waals surface area contributed by atoms with E-state index < -0.39 is 0 Å². The van der Waals surface area contributed by atoms with Gasteiger partial charge in [-0.25, -0.2) is 0 Å². The number of H-pyrrole nitrogens is 1. The number of hydroxylamine groups is 2. The van der Waals surface area contributed by atoms with Crippen LogP contribution in [0.25, 0.3) is 10.9 Å². The highest BCUT2D eigenvalue weighted by atomic mass is 16.7. The lowest BCUT2D eigenvalue weighted by molar-refractivity contribution is -0.157.